The largest absolute Gasteiger partial charge is 0.452 e. The molecule has 0 saturated carbocycles. The molecule has 97 heavy (non-hydrogen) atoms. The normalized spacial score (nSPS) is 13.5. The summed E-state index contributed by atoms with van der Waals surface area (Å²) in [6, 6.07) is 95.0. The smallest absolute Gasteiger partial charge is 0.252 e. The summed E-state index contributed by atoms with van der Waals surface area (Å²) in [4.78, 5) is 5.22. The van der Waals surface area contributed by atoms with Crippen LogP contribution in [0.4, 0.5) is 34.1 Å². The van der Waals surface area contributed by atoms with Gasteiger partial charge in [0.15, 0.2) is 11.2 Å². The monoisotopic (exact) mass is 1260 g/mol. The molecule has 16 rings (SSSR count). The molecular weight excluding hydrogens is 1170 g/mol. The van der Waals surface area contributed by atoms with Gasteiger partial charge in [-0.1, -0.05) is 274 Å². The minimum atomic E-state index is -0.269. The van der Waals surface area contributed by atoms with E-state index in [0.29, 0.717) is 0 Å². The Hall–Kier alpha value is -10.1. The third-order valence-corrected chi connectivity index (χ3v) is 20.9. The standard InChI is InChI=1S/C92H86BN3O/c1-88(2,3)65-32-22-30-59(47-65)61-38-42-75-81(51-61)94(70-49-63(57-26-18-16-19-27-57)46-64(50-70)58-28-20-17-21-29-58)83-55-69(92(13,14)15)56-84-85(83)93(75)76-43-39-62(60-31-23-33-66(48-60)89(4,5)6)52-82(76)96(84)80-37-25-35-72-71-34-24-36-79(86(71)97-87(72)80)95-77-44-40-67(90(7,8)9)53-73(77)74-54-68(91(10,11)12)41-45-78(74)95/h16-56H,1-15H3. The van der Waals surface area contributed by atoms with Crippen molar-refractivity contribution in [3.05, 3.63) is 277 Å². The molecule has 0 fully saturated rings. The van der Waals surface area contributed by atoms with Crippen molar-refractivity contribution in [2.45, 2.75) is 131 Å². The third kappa shape index (κ3) is 10.5. The first-order valence-corrected chi connectivity index (χ1v) is 34.8. The van der Waals surface area contributed by atoms with Crippen molar-refractivity contribution in [2.75, 3.05) is 9.80 Å². The van der Waals surface area contributed by atoms with Crippen LogP contribution >= 0.6 is 0 Å². The lowest BCUT2D eigenvalue weighted by Crippen LogP contribution is -2.61. The molecule has 0 atom stereocenters. The van der Waals surface area contributed by atoms with E-state index in [1.807, 2.05) is 0 Å². The third-order valence-electron chi connectivity index (χ3n) is 20.9. The van der Waals surface area contributed by atoms with Gasteiger partial charge in [-0.25, -0.2) is 0 Å². The fraction of sp³-hybridized carbons (Fsp3) is 0.217. The van der Waals surface area contributed by atoms with E-state index in [4.69, 9.17) is 4.42 Å². The van der Waals surface area contributed by atoms with Crippen LogP contribution in [-0.2, 0) is 27.1 Å². The Bertz CT molecular complexity index is 5370. The summed E-state index contributed by atoms with van der Waals surface area (Å²) >= 11 is 0. The van der Waals surface area contributed by atoms with E-state index >= 15 is 0 Å². The predicted octanol–water partition coefficient (Wildman–Crippen LogP) is 23.9. The summed E-state index contributed by atoms with van der Waals surface area (Å²) in [6.45, 7) is 34.7. The van der Waals surface area contributed by atoms with Crippen molar-refractivity contribution >= 4 is 101 Å². The maximum atomic E-state index is 7.81. The molecule has 0 N–H and O–H groups in total. The number of fused-ring (bicyclic) bond motifs is 10. The van der Waals surface area contributed by atoms with Crippen LogP contribution in [-0.4, -0.2) is 11.3 Å². The molecule has 12 aromatic carbocycles. The van der Waals surface area contributed by atoms with Gasteiger partial charge in [-0.3, -0.25) is 0 Å². The second-order valence-electron chi connectivity index (χ2n) is 32.7. The van der Waals surface area contributed by atoms with E-state index in [9.17, 15) is 0 Å². The summed E-state index contributed by atoms with van der Waals surface area (Å²) in [6.07, 6.45) is 0. The molecule has 0 amide bonds. The molecule has 2 aromatic heterocycles. The molecule has 2 aliphatic heterocycles. The highest BCUT2D eigenvalue weighted by Crippen LogP contribution is 2.52. The molecule has 0 bridgehead atoms. The Morgan fingerprint density at radius 1 is 0.258 bits per heavy atom. The number of aromatic nitrogens is 1. The number of benzene rings is 12. The summed E-state index contributed by atoms with van der Waals surface area (Å²) in [5.41, 5.74) is 31.0. The maximum Gasteiger partial charge on any atom is 0.252 e. The quantitative estimate of drug-likeness (QED) is 0.149. The van der Waals surface area contributed by atoms with Gasteiger partial charge in [-0.05, 0) is 195 Å². The number of furan rings is 1. The van der Waals surface area contributed by atoms with Gasteiger partial charge in [0.05, 0.1) is 22.4 Å². The summed E-state index contributed by atoms with van der Waals surface area (Å²) in [5, 5.41) is 4.64. The Morgan fingerprint density at radius 3 is 1.13 bits per heavy atom. The van der Waals surface area contributed by atoms with Gasteiger partial charge in [0.2, 0.25) is 0 Å². The van der Waals surface area contributed by atoms with Crippen LogP contribution in [0.2, 0.25) is 0 Å². The average molecular weight is 1260 g/mol. The SMILES string of the molecule is CC(C)(C)c1cccc(-c2ccc3c(c2)N(c2cc(-c4ccccc4)cc(-c4ccccc4)c2)c2cc(C(C)(C)C)cc4c2B3c2ccc(-c3cccc(C(C)(C)C)c3)cc2N4c2cccc3c2oc2c(-n4c5ccc(C(C)(C)C)cc5c5cc(C(C)(C)C)ccc54)cccc23)c1. The number of nitrogens with zero attached hydrogens (tertiary/aromatic N) is 3. The molecule has 2 aliphatic rings. The van der Waals surface area contributed by atoms with Crippen molar-refractivity contribution in [1.82, 2.24) is 4.57 Å². The minimum absolute atomic E-state index is 0.0277. The zero-order chi connectivity index (χ0) is 67.4. The van der Waals surface area contributed by atoms with Gasteiger partial charge >= 0.3 is 0 Å². The lowest BCUT2D eigenvalue weighted by Gasteiger charge is -2.45. The van der Waals surface area contributed by atoms with Crippen LogP contribution < -0.4 is 26.2 Å². The maximum absolute atomic E-state index is 7.81. The van der Waals surface area contributed by atoms with E-state index in [2.05, 4.69) is 367 Å². The summed E-state index contributed by atoms with van der Waals surface area (Å²) in [5.74, 6) is 0. The molecule has 478 valence electrons. The summed E-state index contributed by atoms with van der Waals surface area (Å²) < 4.78 is 10.3. The molecule has 4 nitrogen and oxygen atoms in total. The number of rotatable bonds is 7. The lowest BCUT2D eigenvalue weighted by atomic mass is 9.33. The van der Waals surface area contributed by atoms with E-state index in [1.165, 1.54) is 88.5 Å². The fourth-order valence-electron chi connectivity index (χ4n) is 15.3. The lowest BCUT2D eigenvalue weighted by molar-refractivity contribution is 0.590. The van der Waals surface area contributed by atoms with E-state index in [-0.39, 0.29) is 33.8 Å². The molecule has 14 aromatic rings. The highest BCUT2D eigenvalue weighted by molar-refractivity contribution is 7.00. The van der Waals surface area contributed by atoms with Crippen molar-refractivity contribution < 1.29 is 4.42 Å². The second kappa shape index (κ2) is 22.2. The molecule has 0 spiro atoms. The van der Waals surface area contributed by atoms with Crippen LogP contribution in [0.1, 0.15) is 132 Å². The van der Waals surface area contributed by atoms with Gasteiger partial charge in [-0.2, -0.15) is 0 Å². The van der Waals surface area contributed by atoms with Gasteiger partial charge in [0, 0.05) is 50.0 Å². The Morgan fingerprint density at radius 2 is 0.660 bits per heavy atom. The van der Waals surface area contributed by atoms with Gasteiger partial charge in [0.1, 0.15) is 0 Å². The van der Waals surface area contributed by atoms with Crippen LogP contribution in [0, 0.1) is 0 Å². The van der Waals surface area contributed by atoms with E-state index in [0.717, 1.165) is 83.8 Å². The Balaban J connectivity index is 1.00. The molecule has 0 unspecified atom stereocenters. The first-order chi connectivity index (χ1) is 46.2. The number of hydrogen-bond acceptors (Lipinski definition) is 3. The number of para-hydroxylation sites is 2. The molecule has 4 heterocycles. The molecule has 0 saturated heterocycles. The van der Waals surface area contributed by atoms with Crippen LogP contribution in [0.15, 0.2) is 253 Å². The molecule has 5 heteroatoms. The zero-order valence-electron chi connectivity index (χ0n) is 59.0. The second-order valence-corrected chi connectivity index (χ2v) is 32.7. The first-order valence-electron chi connectivity index (χ1n) is 34.8. The highest BCUT2D eigenvalue weighted by Gasteiger charge is 2.45. The van der Waals surface area contributed by atoms with Gasteiger partial charge < -0.3 is 18.8 Å². The molecule has 0 aliphatic carbocycles. The topological polar surface area (TPSA) is 24.6 Å². The van der Waals surface area contributed by atoms with E-state index in [1.54, 1.807) is 0 Å². The Labute approximate surface area is 574 Å². The van der Waals surface area contributed by atoms with Crippen molar-refractivity contribution in [1.29, 1.82) is 0 Å². The summed E-state index contributed by atoms with van der Waals surface area (Å²) in [7, 11) is 0. The van der Waals surface area contributed by atoms with Gasteiger partial charge in [-0.15, -0.1) is 0 Å². The predicted molar refractivity (Wildman–Crippen MR) is 417 cm³/mol. The van der Waals surface area contributed by atoms with Crippen molar-refractivity contribution in [2.24, 2.45) is 0 Å². The minimum Gasteiger partial charge on any atom is -0.452 e. The van der Waals surface area contributed by atoms with Crippen molar-refractivity contribution in [3.8, 4) is 50.2 Å². The van der Waals surface area contributed by atoms with E-state index < -0.39 is 0 Å². The number of hydrogen-bond donors (Lipinski definition) is 0. The van der Waals surface area contributed by atoms with Crippen molar-refractivity contribution in [3.63, 3.8) is 0 Å². The first kappa shape index (κ1) is 61.8. The van der Waals surface area contributed by atoms with Gasteiger partial charge in [0.25, 0.3) is 6.71 Å². The Kier molecular flexibility index (Phi) is 14.2. The fourth-order valence-corrected chi connectivity index (χ4v) is 15.3. The van der Waals surface area contributed by atoms with Crippen LogP contribution in [0.5, 0.6) is 0 Å². The van der Waals surface area contributed by atoms with Crippen LogP contribution in [0.25, 0.3) is 93.9 Å². The number of anilines is 6. The molecular formula is C92H86BN3O. The highest BCUT2D eigenvalue weighted by atomic mass is 16.3. The van der Waals surface area contributed by atoms with Crippen LogP contribution in [0.3, 0.4) is 0 Å². The average Bonchev–Trinajstić information content (AvgIpc) is 1.53. The zero-order valence-corrected chi connectivity index (χ0v) is 59.0. The molecule has 0 radical (unpaired) electrons.